The van der Waals surface area contributed by atoms with Gasteiger partial charge in [-0.25, -0.2) is 0 Å². The van der Waals surface area contributed by atoms with Crippen LogP contribution in [0.5, 0.6) is 0 Å². The molecule has 1 aromatic rings. The number of halogens is 1. The van der Waals surface area contributed by atoms with Crippen molar-refractivity contribution in [2.75, 3.05) is 11.9 Å². The molecule has 6 heteroatoms. The summed E-state index contributed by atoms with van der Waals surface area (Å²) in [6.07, 6.45) is 4.96. The number of benzene rings is 1. The Morgan fingerprint density at radius 1 is 1.09 bits per heavy atom. The molecule has 4 atom stereocenters. The highest BCUT2D eigenvalue weighted by molar-refractivity contribution is 6.30. The van der Waals surface area contributed by atoms with Gasteiger partial charge < -0.3 is 5.32 Å². The maximum absolute atomic E-state index is 12.5. The second-order valence-electron chi connectivity index (χ2n) is 6.32. The number of anilines is 1. The maximum atomic E-state index is 12.5. The molecule has 2 aliphatic carbocycles. The molecule has 1 aromatic carbocycles. The number of nitrogens with zero attached hydrogens (tertiary/aromatic N) is 1. The second-order valence-corrected chi connectivity index (χ2v) is 6.75. The van der Waals surface area contributed by atoms with Crippen molar-refractivity contribution in [2.45, 2.75) is 6.42 Å². The standard InChI is InChI=1S/C17H15ClN2O3/c18-11-3-5-12(6-4-11)19-13(21)8-20-16(22)14-9-1-2-10(7-9)15(14)17(20)23/h1-6,9-10,14-15H,7-8H2,(H,19,21)/t9-,10-,14+,15+/m0/s1. The van der Waals surface area contributed by atoms with E-state index in [1.807, 2.05) is 12.2 Å². The van der Waals surface area contributed by atoms with Gasteiger partial charge in [0.15, 0.2) is 0 Å². The van der Waals surface area contributed by atoms with Crippen LogP contribution in [-0.2, 0) is 14.4 Å². The molecule has 0 unspecified atom stereocenters. The zero-order valence-corrected chi connectivity index (χ0v) is 13.0. The Balaban J connectivity index is 1.45. The third-order valence-corrected chi connectivity index (χ3v) is 5.24. The van der Waals surface area contributed by atoms with E-state index in [2.05, 4.69) is 5.32 Å². The van der Waals surface area contributed by atoms with E-state index >= 15 is 0 Å². The molecule has 3 amide bonds. The zero-order valence-electron chi connectivity index (χ0n) is 12.2. The average molecular weight is 331 g/mol. The molecule has 5 nitrogen and oxygen atoms in total. The monoisotopic (exact) mass is 330 g/mol. The van der Waals surface area contributed by atoms with Gasteiger partial charge in [0.2, 0.25) is 17.7 Å². The number of fused-ring (bicyclic) bond motifs is 5. The summed E-state index contributed by atoms with van der Waals surface area (Å²) >= 11 is 5.80. The number of rotatable bonds is 3. The van der Waals surface area contributed by atoms with Gasteiger partial charge in [-0.2, -0.15) is 0 Å². The van der Waals surface area contributed by atoms with Crippen molar-refractivity contribution < 1.29 is 14.4 Å². The molecule has 1 saturated heterocycles. The number of hydrogen-bond acceptors (Lipinski definition) is 3. The van der Waals surface area contributed by atoms with E-state index < -0.39 is 0 Å². The lowest BCUT2D eigenvalue weighted by atomic mass is 9.85. The molecule has 2 fully saturated rings. The van der Waals surface area contributed by atoms with Crippen LogP contribution in [0.2, 0.25) is 5.02 Å². The van der Waals surface area contributed by atoms with Crippen molar-refractivity contribution >= 4 is 35.0 Å². The summed E-state index contributed by atoms with van der Waals surface area (Å²) in [5.74, 6) is -1.00. The first kappa shape index (κ1) is 14.5. The van der Waals surface area contributed by atoms with E-state index in [1.165, 1.54) is 0 Å². The van der Waals surface area contributed by atoms with Gasteiger partial charge in [-0.1, -0.05) is 23.8 Å². The van der Waals surface area contributed by atoms with Gasteiger partial charge in [-0.05, 0) is 42.5 Å². The minimum absolute atomic E-state index is 0.158. The van der Waals surface area contributed by atoms with Crippen molar-refractivity contribution in [3.8, 4) is 0 Å². The number of hydrogen-bond donors (Lipinski definition) is 1. The van der Waals surface area contributed by atoms with Gasteiger partial charge in [0.05, 0.1) is 11.8 Å². The molecule has 4 rings (SSSR count). The molecule has 23 heavy (non-hydrogen) atoms. The smallest absolute Gasteiger partial charge is 0.244 e. The quantitative estimate of drug-likeness (QED) is 0.681. The third-order valence-electron chi connectivity index (χ3n) is 4.99. The van der Waals surface area contributed by atoms with Gasteiger partial charge in [0.25, 0.3) is 0 Å². The largest absolute Gasteiger partial charge is 0.325 e. The van der Waals surface area contributed by atoms with Crippen LogP contribution in [0.4, 0.5) is 5.69 Å². The highest BCUT2D eigenvalue weighted by atomic mass is 35.5. The Hall–Kier alpha value is -2.14. The molecule has 2 bridgehead atoms. The van der Waals surface area contributed by atoms with E-state index in [9.17, 15) is 14.4 Å². The molecule has 1 heterocycles. The topological polar surface area (TPSA) is 66.5 Å². The number of allylic oxidation sites excluding steroid dienone is 2. The fourth-order valence-corrected chi connectivity index (χ4v) is 4.12. The van der Waals surface area contributed by atoms with E-state index in [0.29, 0.717) is 10.7 Å². The summed E-state index contributed by atoms with van der Waals surface area (Å²) in [5.41, 5.74) is 0.584. The van der Waals surface area contributed by atoms with Crippen LogP contribution in [-0.4, -0.2) is 29.2 Å². The van der Waals surface area contributed by atoms with Crippen LogP contribution in [0.25, 0.3) is 0 Å². The maximum Gasteiger partial charge on any atom is 0.244 e. The fourth-order valence-electron chi connectivity index (χ4n) is 4.00. The van der Waals surface area contributed by atoms with Crippen molar-refractivity contribution in [3.05, 3.63) is 41.4 Å². The Morgan fingerprint density at radius 3 is 2.22 bits per heavy atom. The first-order chi connectivity index (χ1) is 11.0. The number of likely N-dealkylation sites (tertiary alicyclic amines) is 1. The summed E-state index contributed by atoms with van der Waals surface area (Å²) in [6, 6.07) is 6.67. The van der Waals surface area contributed by atoms with E-state index in [0.717, 1.165) is 11.3 Å². The van der Waals surface area contributed by atoms with E-state index in [-0.39, 0.29) is 47.9 Å². The van der Waals surface area contributed by atoms with Gasteiger partial charge in [-0.15, -0.1) is 0 Å². The zero-order chi connectivity index (χ0) is 16.1. The van der Waals surface area contributed by atoms with Crippen LogP contribution in [0.1, 0.15) is 6.42 Å². The first-order valence-corrected chi connectivity index (χ1v) is 8.01. The minimum atomic E-state index is -0.380. The summed E-state index contributed by atoms with van der Waals surface area (Å²) in [5, 5.41) is 3.25. The lowest BCUT2D eigenvalue weighted by Gasteiger charge is -2.16. The van der Waals surface area contributed by atoms with Crippen LogP contribution in [0.3, 0.4) is 0 Å². The van der Waals surface area contributed by atoms with Crippen molar-refractivity contribution in [1.29, 1.82) is 0 Å². The summed E-state index contributed by atoms with van der Waals surface area (Å²) in [4.78, 5) is 38.2. The predicted octanol–water partition coefficient (Wildman–Crippen LogP) is 2.09. The Morgan fingerprint density at radius 2 is 1.65 bits per heavy atom. The summed E-state index contributed by atoms with van der Waals surface area (Å²) < 4.78 is 0. The SMILES string of the molecule is O=C(CN1C(=O)[C@H]2[C@H](C1=O)[C@H]1C=C[C@H]2C1)Nc1ccc(Cl)cc1. The van der Waals surface area contributed by atoms with Crippen LogP contribution in [0, 0.1) is 23.7 Å². The lowest BCUT2D eigenvalue weighted by molar-refractivity contribution is -0.143. The average Bonchev–Trinajstić information content (AvgIpc) is 3.19. The number of amides is 3. The molecule has 1 saturated carbocycles. The summed E-state index contributed by atoms with van der Waals surface area (Å²) in [6.45, 7) is -0.229. The van der Waals surface area contributed by atoms with Gasteiger partial charge in [-0.3, -0.25) is 19.3 Å². The second kappa shape index (κ2) is 5.20. The highest BCUT2D eigenvalue weighted by Gasteiger charge is 2.59. The van der Waals surface area contributed by atoms with Gasteiger partial charge in [0, 0.05) is 10.7 Å². The number of carbonyl (C=O) groups excluding carboxylic acids is 3. The Labute approximate surface area is 138 Å². The van der Waals surface area contributed by atoms with Crippen LogP contribution >= 0.6 is 11.6 Å². The van der Waals surface area contributed by atoms with E-state index in [4.69, 9.17) is 11.6 Å². The predicted molar refractivity (Wildman–Crippen MR) is 84.5 cm³/mol. The highest BCUT2D eigenvalue weighted by Crippen LogP contribution is 2.52. The van der Waals surface area contributed by atoms with Gasteiger partial charge in [0.1, 0.15) is 6.54 Å². The first-order valence-electron chi connectivity index (χ1n) is 7.63. The third kappa shape index (κ3) is 2.27. The molecule has 1 aliphatic heterocycles. The van der Waals surface area contributed by atoms with Crippen LogP contribution < -0.4 is 5.32 Å². The lowest BCUT2D eigenvalue weighted by Crippen LogP contribution is -2.39. The van der Waals surface area contributed by atoms with Crippen molar-refractivity contribution in [3.63, 3.8) is 0 Å². The molecule has 118 valence electrons. The summed E-state index contributed by atoms with van der Waals surface area (Å²) in [7, 11) is 0. The molecule has 1 N–H and O–H groups in total. The van der Waals surface area contributed by atoms with Crippen molar-refractivity contribution in [1.82, 2.24) is 4.90 Å². The molecule has 0 spiro atoms. The van der Waals surface area contributed by atoms with Gasteiger partial charge >= 0.3 is 0 Å². The Kier molecular flexibility index (Phi) is 3.27. The van der Waals surface area contributed by atoms with E-state index in [1.54, 1.807) is 24.3 Å². The number of nitrogens with one attached hydrogen (secondary N) is 1. The molecular weight excluding hydrogens is 316 g/mol. The molecule has 0 radical (unpaired) electrons. The molecule has 0 aromatic heterocycles. The molecular formula is C17H15ClN2O3. The normalized spacial score (nSPS) is 30.9. The number of imide groups is 1. The van der Waals surface area contributed by atoms with Crippen LogP contribution in [0.15, 0.2) is 36.4 Å². The number of carbonyl (C=O) groups is 3. The van der Waals surface area contributed by atoms with Crippen molar-refractivity contribution in [2.24, 2.45) is 23.7 Å². The Bertz CT molecular complexity index is 698. The molecule has 3 aliphatic rings. The fraction of sp³-hybridized carbons (Fsp3) is 0.353. The minimum Gasteiger partial charge on any atom is -0.325 e.